The SMILES string of the molecule is CN(C#N)c1cccc2c1CCCC2. The topological polar surface area (TPSA) is 27.0 Å². The molecule has 2 heteroatoms. The van der Waals surface area contributed by atoms with Gasteiger partial charge in [-0.3, -0.25) is 4.90 Å². The molecule has 1 aliphatic carbocycles. The van der Waals surface area contributed by atoms with Crippen LogP contribution in [0.15, 0.2) is 18.2 Å². The van der Waals surface area contributed by atoms with E-state index < -0.39 is 0 Å². The van der Waals surface area contributed by atoms with Gasteiger partial charge in [0.15, 0.2) is 6.19 Å². The summed E-state index contributed by atoms with van der Waals surface area (Å²) < 4.78 is 0. The van der Waals surface area contributed by atoms with Crippen LogP contribution in [0.25, 0.3) is 0 Å². The number of aryl methyl sites for hydroxylation is 1. The van der Waals surface area contributed by atoms with Gasteiger partial charge in [-0.25, -0.2) is 0 Å². The lowest BCUT2D eigenvalue weighted by molar-refractivity contribution is 0.685. The number of fused-ring (bicyclic) bond motifs is 1. The fourth-order valence-electron chi connectivity index (χ4n) is 2.13. The Bertz CT molecular complexity index is 376. The third-order valence-corrected chi connectivity index (χ3v) is 2.88. The fraction of sp³-hybridized carbons (Fsp3) is 0.417. The van der Waals surface area contributed by atoms with Gasteiger partial charge in [-0.15, -0.1) is 0 Å². The summed E-state index contributed by atoms with van der Waals surface area (Å²) in [7, 11) is 1.82. The summed E-state index contributed by atoms with van der Waals surface area (Å²) in [5.41, 5.74) is 3.89. The van der Waals surface area contributed by atoms with Gasteiger partial charge in [-0.2, -0.15) is 5.26 Å². The van der Waals surface area contributed by atoms with Crippen molar-refractivity contribution in [1.82, 2.24) is 0 Å². The second kappa shape index (κ2) is 3.71. The summed E-state index contributed by atoms with van der Waals surface area (Å²) in [6.45, 7) is 0. The molecule has 0 saturated carbocycles. The van der Waals surface area contributed by atoms with Crippen molar-refractivity contribution in [3.8, 4) is 6.19 Å². The van der Waals surface area contributed by atoms with Gasteiger partial charge in [0.2, 0.25) is 0 Å². The highest BCUT2D eigenvalue weighted by atomic mass is 15.1. The maximum Gasteiger partial charge on any atom is 0.184 e. The summed E-state index contributed by atoms with van der Waals surface area (Å²) in [6, 6.07) is 6.27. The van der Waals surface area contributed by atoms with E-state index in [-0.39, 0.29) is 0 Å². The molecule has 1 aromatic carbocycles. The van der Waals surface area contributed by atoms with Crippen LogP contribution >= 0.6 is 0 Å². The van der Waals surface area contributed by atoms with E-state index in [1.807, 2.05) is 19.2 Å². The summed E-state index contributed by atoms with van der Waals surface area (Å²) in [5.74, 6) is 0. The number of hydrogen-bond acceptors (Lipinski definition) is 2. The van der Waals surface area contributed by atoms with Gasteiger partial charge in [0.05, 0.1) is 5.69 Å². The molecule has 0 spiro atoms. The number of anilines is 1. The van der Waals surface area contributed by atoms with Crippen LogP contribution in [-0.2, 0) is 12.8 Å². The molecule has 0 unspecified atom stereocenters. The Morgan fingerprint density at radius 1 is 1.29 bits per heavy atom. The van der Waals surface area contributed by atoms with Gasteiger partial charge in [0.1, 0.15) is 0 Å². The van der Waals surface area contributed by atoms with Crippen molar-refractivity contribution < 1.29 is 0 Å². The maximum absolute atomic E-state index is 8.87. The molecule has 1 aliphatic rings. The van der Waals surface area contributed by atoms with Crippen molar-refractivity contribution in [3.63, 3.8) is 0 Å². The lowest BCUT2D eigenvalue weighted by Crippen LogP contribution is -2.14. The minimum atomic E-state index is 1.09. The highest BCUT2D eigenvalue weighted by Gasteiger charge is 2.14. The van der Waals surface area contributed by atoms with E-state index >= 15 is 0 Å². The number of rotatable bonds is 1. The summed E-state index contributed by atoms with van der Waals surface area (Å²) in [4.78, 5) is 1.66. The zero-order chi connectivity index (χ0) is 9.97. The normalized spacial score (nSPS) is 14.3. The molecule has 0 radical (unpaired) electrons. The summed E-state index contributed by atoms with van der Waals surface area (Å²) in [6.07, 6.45) is 6.99. The first-order valence-corrected chi connectivity index (χ1v) is 5.07. The van der Waals surface area contributed by atoms with Gasteiger partial charge < -0.3 is 0 Å². The highest BCUT2D eigenvalue weighted by molar-refractivity contribution is 5.59. The van der Waals surface area contributed by atoms with Crippen LogP contribution in [0.2, 0.25) is 0 Å². The van der Waals surface area contributed by atoms with E-state index in [1.54, 1.807) is 4.90 Å². The molecule has 0 amide bonds. The Morgan fingerprint density at radius 2 is 2.07 bits per heavy atom. The molecule has 14 heavy (non-hydrogen) atoms. The molecule has 0 aliphatic heterocycles. The molecule has 0 atom stereocenters. The minimum absolute atomic E-state index is 1.09. The smallest absolute Gasteiger partial charge is 0.184 e. The Kier molecular flexibility index (Phi) is 2.41. The molecule has 0 fully saturated rings. The molecular formula is C12H14N2. The van der Waals surface area contributed by atoms with Gasteiger partial charge >= 0.3 is 0 Å². The van der Waals surface area contributed by atoms with Crippen LogP contribution < -0.4 is 4.90 Å². The lowest BCUT2D eigenvalue weighted by Gasteiger charge is -2.21. The Hall–Kier alpha value is -1.49. The van der Waals surface area contributed by atoms with Crippen molar-refractivity contribution in [1.29, 1.82) is 5.26 Å². The van der Waals surface area contributed by atoms with Crippen molar-refractivity contribution in [3.05, 3.63) is 29.3 Å². The average Bonchev–Trinajstić information content (AvgIpc) is 2.27. The van der Waals surface area contributed by atoms with Crippen molar-refractivity contribution in [2.45, 2.75) is 25.7 Å². The Labute approximate surface area is 84.8 Å². The summed E-state index contributed by atoms with van der Waals surface area (Å²) >= 11 is 0. The number of nitrogens with zero attached hydrogens (tertiary/aromatic N) is 2. The summed E-state index contributed by atoms with van der Waals surface area (Å²) in [5, 5.41) is 8.87. The van der Waals surface area contributed by atoms with Crippen molar-refractivity contribution >= 4 is 5.69 Å². The second-order valence-electron chi connectivity index (χ2n) is 3.78. The predicted octanol–water partition coefficient (Wildman–Crippen LogP) is 2.48. The lowest BCUT2D eigenvalue weighted by atomic mass is 9.90. The third kappa shape index (κ3) is 1.46. The van der Waals surface area contributed by atoms with E-state index in [9.17, 15) is 0 Å². The number of benzene rings is 1. The van der Waals surface area contributed by atoms with Crippen LogP contribution in [0.1, 0.15) is 24.0 Å². The fourth-order valence-corrected chi connectivity index (χ4v) is 2.13. The molecule has 0 heterocycles. The van der Waals surface area contributed by atoms with Crippen LogP contribution in [-0.4, -0.2) is 7.05 Å². The molecule has 0 bridgehead atoms. The van der Waals surface area contributed by atoms with E-state index in [0.29, 0.717) is 0 Å². The Morgan fingerprint density at radius 3 is 2.86 bits per heavy atom. The third-order valence-electron chi connectivity index (χ3n) is 2.88. The molecular weight excluding hydrogens is 172 g/mol. The molecule has 1 aromatic rings. The van der Waals surface area contributed by atoms with E-state index in [0.717, 1.165) is 12.1 Å². The first kappa shape index (κ1) is 9.08. The van der Waals surface area contributed by atoms with Crippen LogP contribution in [0.5, 0.6) is 0 Å². The molecule has 72 valence electrons. The van der Waals surface area contributed by atoms with Crippen LogP contribution in [0, 0.1) is 11.5 Å². The Balaban J connectivity index is 2.46. The van der Waals surface area contributed by atoms with E-state index in [1.165, 1.54) is 30.4 Å². The molecule has 2 nitrogen and oxygen atoms in total. The van der Waals surface area contributed by atoms with E-state index in [2.05, 4.69) is 12.3 Å². The second-order valence-corrected chi connectivity index (χ2v) is 3.78. The van der Waals surface area contributed by atoms with Gasteiger partial charge in [0.25, 0.3) is 0 Å². The van der Waals surface area contributed by atoms with E-state index in [4.69, 9.17) is 5.26 Å². The van der Waals surface area contributed by atoms with Gasteiger partial charge in [-0.1, -0.05) is 12.1 Å². The van der Waals surface area contributed by atoms with Crippen LogP contribution in [0.4, 0.5) is 5.69 Å². The zero-order valence-corrected chi connectivity index (χ0v) is 8.45. The standard InChI is InChI=1S/C12H14N2/c1-14(9-13)12-8-4-6-10-5-2-3-7-11(10)12/h4,6,8H,2-3,5,7H2,1H3. The van der Waals surface area contributed by atoms with Crippen molar-refractivity contribution in [2.75, 3.05) is 11.9 Å². The molecule has 0 aromatic heterocycles. The quantitative estimate of drug-likeness (QED) is 0.497. The van der Waals surface area contributed by atoms with Gasteiger partial charge in [0, 0.05) is 7.05 Å². The molecule has 2 rings (SSSR count). The minimum Gasteiger partial charge on any atom is -0.282 e. The monoisotopic (exact) mass is 186 g/mol. The highest BCUT2D eigenvalue weighted by Crippen LogP contribution is 2.29. The van der Waals surface area contributed by atoms with Crippen molar-refractivity contribution in [2.24, 2.45) is 0 Å². The first-order valence-electron chi connectivity index (χ1n) is 5.07. The zero-order valence-electron chi connectivity index (χ0n) is 8.45. The van der Waals surface area contributed by atoms with Gasteiger partial charge in [-0.05, 0) is 42.9 Å². The maximum atomic E-state index is 8.87. The average molecular weight is 186 g/mol. The molecule has 0 N–H and O–H groups in total. The predicted molar refractivity (Wildman–Crippen MR) is 57.1 cm³/mol. The number of nitriles is 1. The van der Waals surface area contributed by atoms with Crippen LogP contribution in [0.3, 0.4) is 0 Å². The number of hydrogen-bond donors (Lipinski definition) is 0. The first-order chi connectivity index (χ1) is 6.83. The largest absolute Gasteiger partial charge is 0.282 e. The molecule has 0 saturated heterocycles.